The van der Waals surface area contributed by atoms with E-state index in [-0.39, 0.29) is 5.41 Å². The predicted octanol–water partition coefficient (Wildman–Crippen LogP) is 0.704. The number of ketones is 1. The van der Waals surface area contributed by atoms with Crippen LogP contribution in [0.3, 0.4) is 0 Å². The zero-order valence-electron chi connectivity index (χ0n) is 5.81. The molecule has 0 aromatic heterocycles. The molecule has 1 saturated carbocycles. The molecule has 0 spiro atoms. The van der Waals surface area contributed by atoms with Crippen LogP contribution in [0.4, 0.5) is 0 Å². The van der Waals surface area contributed by atoms with Crippen LogP contribution in [0, 0.1) is 5.41 Å². The summed E-state index contributed by atoms with van der Waals surface area (Å²) in [6, 6.07) is 0. The van der Waals surface area contributed by atoms with Gasteiger partial charge in [0, 0.05) is 18.4 Å². The van der Waals surface area contributed by atoms with Crippen LogP contribution >= 0.6 is 0 Å². The van der Waals surface area contributed by atoms with Crippen molar-refractivity contribution >= 4 is 5.78 Å². The lowest BCUT2D eigenvalue weighted by Gasteiger charge is -2.17. The zero-order chi connectivity index (χ0) is 6.91. The molecule has 9 heavy (non-hydrogen) atoms. The van der Waals surface area contributed by atoms with Gasteiger partial charge in [0.05, 0.1) is 0 Å². The average Bonchev–Trinajstić information content (AvgIpc) is 2.15. The van der Waals surface area contributed by atoms with Gasteiger partial charge < -0.3 is 5.73 Å². The molecule has 0 saturated heterocycles. The van der Waals surface area contributed by atoms with E-state index >= 15 is 0 Å². The van der Waals surface area contributed by atoms with Crippen molar-refractivity contribution in [2.24, 2.45) is 11.1 Å². The summed E-state index contributed by atoms with van der Waals surface area (Å²) in [6.07, 6.45) is 2.77. The molecule has 1 rings (SSSR count). The summed E-state index contributed by atoms with van der Waals surface area (Å²) >= 11 is 0. The first-order valence-corrected chi connectivity index (χ1v) is 3.42. The molecular weight excluding hydrogens is 114 g/mol. The molecule has 52 valence electrons. The first-order valence-electron chi connectivity index (χ1n) is 3.42. The smallest absolute Gasteiger partial charge is 0.140 e. The second-order valence-corrected chi connectivity index (χ2v) is 3.04. The minimum Gasteiger partial charge on any atom is -0.329 e. The van der Waals surface area contributed by atoms with E-state index in [2.05, 4.69) is 0 Å². The summed E-state index contributed by atoms with van der Waals surface area (Å²) in [5.74, 6) is 0.352. The van der Waals surface area contributed by atoms with Gasteiger partial charge >= 0.3 is 0 Å². The Kier molecular flexibility index (Phi) is 1.58. The molecule has 1 atom stereocenters. The number of rotatable bonds is 1. The monoisotopic (exact) mass is 127 g/mol. The van der Waals surface area contributed by atoms with Crippen LogP contribution in [0.25, 0.3) is 0 Å². The predicted molar refractivity (Wildman–Crippen MR) is 36.0 cm³/mol. The van der Waals surface area contributed by atoms with Gasteiger partial charge in [0.2, 0.25) is 0 Å². The lowest BCUT2D eigenvalue weighted by molar-refractivity contribution is -0.124. The van der Waals surface area contributed by atoms with Crippen molar-refractivity contribution in [2.45, 2.75) is 26.2 Å². The van der Waals surface area contributed by atoms with Gasteiger partial charge in [-0.25, -0.2) is 0 Å². The highest BCUT2D eigenvalue weighted by Gasteiger charge is 2.35. The zero-order valence-corrected chi connectivity index (χ0v) is 5.81. The molecular formula is C7H13NO. The highest BCUT2D eigenvalue weighted by molar-refractivity contribution is 5.86. The standard InChI is InChI=1S/C7H13NO/c1-7(5-8)4-2-3-6(7)9/h2-5,8H2,1H3. The van der Waals surface area contributed by atoms with Crippen LogP contribution in [0.15, 0.2) is 0 Å². The Morgan fingerprint density at radius 3 is 2.67 bits per heavy atom. The summed E-state index contributed by atoms with van der Waals surface area (Å²) in [6.45, 7) is 2.48. The third kappa shape index (κ3) is 0.990. The minimum absolute atomic E-state index is 0.167. The Morgan fingerprint density at radius 2 is 2.44 bits per heavy atom. The van der Waals surface area contributed by atoms with E-state index in [1.165, 1.54) is 0 Å². The molecule has 2 N–H and O–H groups in total. The van der Waals surface area contributed by atoms with Crippen molar-refractivity contribution in [2.75, 3.05) is 6.54 Å². The van der Waals surface area contributed by atoms with E-state index in [0.29, 0.717) is 12.3 Å². The van der Waals surface area contributed by atoms with Crippen LogP contribution in [0.5, 0.6) is 0 Å². The second kappa shape index (κ2) is 2.10. The quantitative estimate of drug-likeness (QED) is 0.563. The Balaban J connectivity index is 2.67. The van der Waals surface area contributed by atoms with Crippen LogP contribution in [0.1, 0.15) is 26.2 Å². The number of hydrogen-bond acceptors (Lipinski definition) is 2. The van der Waals surface area contributed by atoms with Gasteiger partial charge in [0.25, 0.3) is 0 Å². The van der Waals surface area contributed by atoms with Crippen LogP contribution in [-0.2, 0) is 4.79 Å². The van der Waals surface area contributed by atoms with Crippen molar-refractivity contribution in [1.82, 2.24) is 0 Å². The SMILES string of the molecule is CC1(CN)CCCC1=O. The number of carbonyl (C=O) groups is 1. The highest BCUT2D eigenvalue weighted by Crippen LogP contribution is 2.32. The summed E-state index contributed by atoms with van der Waals surface area (Å²) < 4.78 is 0. The molecule has 1 aliphatic rings. The lowest BCUT2D eigenvalue weighted by atomic mass is 9.88. The van der Waals surface area contributed by atoms with Gasteiger partial charge in [-0.3, -0.25) is 4.79 Å². The van der Waals surface area contributed by atoms with Crippen molar-refractivity contribution in [3.8, 4) is 0 Å². The van der Waals surface area contributed by atoms with Gasteiger partial charge in [-0.2, -0.15) is 0 Å². The molecule has 0 aromatic rings. The largest absolute Gasteiger partial charge is 0.329 e. The van der Waals surface area contributed by atoms with E-state index in [4.69, 9.17) is 5.73 Å². The maximum atomic E-state index is 11.0. The van der Waals surface area contributed by atoms with Crippen molar-refractivity contribution in [3.63, 3.8) is 0 Å². The second-order valence-electron chi connectivity index (χ2n) is 3.04. The van der Waals surface area contributed by atoms with Crippen molar-refractivity contribution < 1.29 is 4.79 Å². The van der Waals surface area contributed by atoms with Crippen molar-refractivity contribution in [3.05, 3.63) is 0 Å². The molecule has 0 aromatic carbocycles. The average molecular weight is 127 g/mol. The maximum Gasteiger partial charge on any atom is 0.140 e. The summed E-state index contributed by atoms with van der Waals surface area (Å²) in [5, 5.41) is 0. The van der Waals surface area contributed by atoms with E-state index in [1.54, 1.807) is 0 Å². The van der Waals surface area contributed by atoms with Gasteiger partial charge in [0.1, 0.15) is 5.78 Å². The first kappa shape index (κ1) is 6.75. The Hall–Kier alpha value is -0.370. The molecule has 2 nitrogen and oxygen atoms in total. The maximum absolute atomic E-state index is 11.0. The summed E-state index contributed by atoms with van der Waals surface area (Å²) in [4.78, 5) is 11.0. The summed E-state index contributed by atoms with van der Waals surface area (Å²) in [7, 11) is 0. The first-order chi connectivity index (χ1) is 4.19. The molecule has 0 amide bonds. The molecule has 0 heterocycles. The van der Waals surface area contributed by atoms with Gasteiger partial charge in [-0.1, -0.05) is 6.92 Å². The molecule has 0 aliphatic heterocycles. The van der Waals surface area contributed by atoms with E-state index in [1.807, 2.05) is 6.92 Å². The van der Waals surface area contributed by atoms with Gasteiger partial charge in [0.15, 0.2) is 0 Å². The normalized spacial score (nSPS) is 35.6. The van der Waals surface area contributed by atoms with Crippen LogP contribution < -0.4 is 5.73 Å². The van der Waals surface area contributed by atoms with E-state index in [9.17, 15) is 4.79 Å². The van der Waals surface area contributed by atoms with Gasteiger partial charge in [-0.05, 0) is 12.8 Å². The molecule has 1 aliphatic carbocycles. The van der Waals surface area contributed by atoms with Crippen LogP contribution in [-0.4, -0.2) is 12.3 Å². The lowest BCUT2D eigenvalue weighted by Crippen LogP contribution is -2.30. The fraction of sp³-hybridized carbons (Fsp3) is 0.857. The van der Waals surface area contributed by atoms with Gasteiger partial charge in [-0.15, -0.1) is 0 Å². The highest BCUT2D eigenvalue weighted by atomic mass is 16.1. The Labute approximate surface area is 55.4 Å². The third-order valence-electron chi connectivity index (χ3n) is 2.26. The Morgan fingerprint density at radius 1 is 1.78 bits per heavy atom. The minimum atomic E-state index is -0.167. The molecule has 1 fully saturated rings. The molecule has 2 heteroatoms. The fourth-order valence-electron chi connectivity index (χ4n) is 1.30. The van der Waals surface area contributed by atoms with E-state index < -0.39 is 0 Å². The number of Topliss-reactive ketones (excluding diaryl/α,β-unsaturated/α-hetero) is 1. The van der Waals surface area contributed by atoms with Crippen molar-refractivity contribution in [1.29, 1.82) is 0 Å². The number of hydrogen-bond donors (Lipinski definition) is 1. The molecule has 0 bridgehead atoms. The van der Waals surface area contributed by atoms with E-state index in [0.717, 1.165) is 19.3 Å². The third-order valence-corrected chi connectivity index (χ3v) is 2.26. The fourth-order valence-corrected chi connectivity index (χ4v) is 1.30. The Bertz CT molecular complexity index is 133. The number of carbonyl (C=O) groups excluding carboxylic acids is 1. The topological polar surface area (TPSA) is 43.1 Å². The molecule has 0 radical (unpaired) electrons. The van der Waals surface area contributed by atoms with Crippen LogP contribution in [0.2, 0.25) is 0 Å². The number of nitrogens with two attached hydrogens (primary N) is 1. The summed E-state index contributed by atoms with van der Waals surface area (Å²) in [5.41, 5.74) is 5.27. The molecule has 1 unspecified atom stereocenters.